The number of alkyl halides is 3. The molecule has 3 aromatic rings. The van der Waals surface area contributed by atoms with Gasteiger partial charge in [-0.15, -0.1) is 0 Å². The monoisotopic (exact) mass is 390 g/mol. The van der Waals surface area contributed by atoms with E-state index in [4.69, 9.17) is 4.84 Å². The number of aromatic amines is 1. The van der Waals surface area contributed by atoms with Crippen LogP contribution in [0.15, 0.2) is 58.5 Å². The molecule has 0 aliphatic carbocycles. The molecule has 0 aliphatic rings. The first-order valence-electron chi connectivity index (χ1n) is 8.34. The maximum absolute atomic E-state index is 12.8. The standard InChI is InChI=1S/C19H17F3N4O2/c1-12(14-7-5-8-16(10-14)19(20,21)22)25-28-11-15-6-3-4-9-17(15)26-13(2)23-24-18(26)27/h3-10H,11H2,1-2H3,(H,24,27). The van der Waals surface area contributed by atoms with Gasteiger partial charge in [-0.1, -0.05) is 35.5 Å². The van der Waals surface area contributed by atoms with E-state index in [0.717, 1.165) is 12.1 Å². The summed E-state index contributed by atoms with van der Waals surface area (Å²) in [7, 11) is 0. The van der Waals surface area contributed by atoms with Crippen molar-refractivity contribution in [2.75, 3.05) is 0 Å². The first kappa shape index (κ1) is 19.4. The van der Waals surface area contributed by atoms with Gasteiger partial charge in [0, 0.05) is 5.56 Å². The molecule has 0 saturated heterocycles. The number of halogens is 3. The van der Waals surface area contributed by atoms with Crippen molar-refractivity contribution >= 4 is 5.71 Å². The maximum Gasteiger partial charge on any atom is 0.416 e. The highest BCUT2D eigenvalue weighted by Gasteiger charge is 2.30. The van der Waals surface area contributed by atoms with E-state index in [2.05, 4.69) is 15.4 Å². The van der Waals surface area contributed by atoms with E-state index in [1.54, 1.807) is 38.1 Å². The van der Waals surface area contributed by atoms with Crippen molar-refractivity contribution in [3.63, 3.8) is 0 Å². The molecule has 0 radical (unpaired) electrons. The second-order valence-corrected chi connectivity index (χ2v) is 6.07. The van der Waals surface area contributed by atoms with E-state index in [1.807, 2.05) is 0 Å². The Hall–Kier alpha value is -3.36. The summed E-state index contributed by atoms with van der Waals surface area (Å²) in [6, 6.07) is 11.9. The number of benzene rings is 2. The van der Waals surface area contributed by atoms with Crippen molar-refractivity contribution in [1.29, 1.82) is 0 Å². The number of oxime groups is 1. The molecule has 0 bridgehead atoms. The number of hydrogen-bond acceptors (Lipinski definition) is 4. The Balaban J connectivity index is 1.80. The molecule has 0 amide bonds. The van der Waals surface area contributed by atoms with Crippen LogP contribution in [0.1, 0.15) is 29.4 Å². The lowest BCUT2D eigenvalue weighted by Gasteiger charge is -2.10. The summed E-state index contributed by atoms with van der Waals surface area (Å²) < 4.78 is 39.9. The zero-order chi connectivity index (χ0) is 20.3. The van der Waals surface area contributed by atoms with E-state index in [1.165, 1.54) is 16.7 Å². The Labute approximate surface area is 158 Å². The van der Waals surface area contributed by atoms with Crippen LogP contribution in [0, 0.1) is 6.92 Å². The van der Waals surface area contributed by atoms with Crippen LogP contribution in [0.2, 0.25) is 0 Å². The minimum atomic E-state index is -4.42. The molecule has 0 saturated carbocycles. The zero-order valence-corrected chi connectivity index (χ0v) is 15.1. The fourth-order valence-electron chi connectivity index (χ4n) is 2.68. The van der Waals surface area contributed by atoms with E-state index in [-0.39, 0.29) is 12.3 Å². The third-order valence-corrected chi connectivity index (χ3v) is 4.10. The van der Waals surface area contributed by atoms with Crippen molar-refractivity contribution in [2.45, 2.75) is 26.6 Å². The predicted octanol–water partition coefficient (Wildman–Crippen LogP) is 3.83. The molecule has 146 valence electrons. The van der Waals surface area contributed by atoms with E-state index in [0.29, 0.717) is 28.4 Å². The van der Waals surface area contributed by atoms with E-state index in [9.17, 15) is 18.0 Å². The van der Waals surface area contributed by atoms with Gasteiger partial charge in [0.05, 0.1) is 17.0 Å². The first-order valence-corrected chi connectivity index (χ1v) is 8.34. The van der Waals surface area contributed by atoms with Crippen LogP contribution in [0.25, 0.3) is 5.69 Å². The number of H-pyrrole nitrogens is 1. The van der Waals surface area contributed by atoms with Crippen LogP contribution in [0.4, 0.5) is 13.2 Å². The highest BCUT2D eigenvalue weighted by Crippen LogP contribution is 2.29. The van der Waals surface area contributed by atoms with Crippen molar-refractivity contribution in [2.24, 2.45) is 5.16 Å². The number of hydrogen-bond donors (Lipinski definition) is 1. The van der Waals surface area contributed by atoms with Crippen LogP contribution in [-0.2, 0) is 17.6 Å². The molecule has 9 heteroatoms. The highest BCUT2D eigenvalue weighted by molar-refractivity contribution is 5.98. The lowest BCUT2D eigenvalue weighted by atomic mass is 10.1. The van der Waals surface area contributed by atoms with Crippen LogP contribution in [-0.4, -0.2) is 20.5 Å². The quantitative estimate of drug-likeness (QED) is 0.532. The van der Waals surface area contributed by atoms with Gasteiger partial charge < -0.3 is 4.84 Å². The Bertz CT molecular complexity index is 1070. The van der Waals surface area contributed by atoms with Crippen LogP contribution in [0.3, 0.4) is 0 Å². The normalized spacial score (nSPS) is 12.2. The summed E-state index contributed by atoms with van der Waals surface area (Å²) in [5.74, 6) is 0.487. The van der Waals surface area contributed by atoms with Crippen molar-refractivity contribution in [3.8, 4) is 5.69 Å². The summed E-state index contributed by atoms with van der Waals surface area (Å²) in [5.41, 5.74) is 0.749. The molecule has 0 fully saturated rings. The Morgan fingerprint density at radius 1 is 1.21 bits per heavy atom. The van der Waals surface area contributed by atoms with E-state index < -0.39 is 11.7 Å². The van der Waals surface area contributed by atoms with Crippen molar-refractivity contribution in [1.82, 2.24) is 14.8 Å². The average Bonchev–Trinajstić information content (AvgIpc) is 3.00. The van der Waals surface area contributed by atoms with Gasteiger partial charge in [0.25, 0.3) is 0 Å². The lowest BCUT2D eigenvalue weighted by Crippen LogP contribution is -2.17. The lowest BCUT2D eigenvalue weighted by molar-refractivity contribution is -0.137. The molecule has 0 atom stereocenters. The highest BCUT2D eigenvalue weighted by atomic mass is 19.4. The molecule has 2 aromatic carbocycles. The van der Waals surface area contributed by atoms with Crippen molar-refractivity contribution < 1.29 is 18.0 Å². The number of para-hydroxylation sites is 1. The average molecular weight is 390 g/mol. The van der Waals surface area contributed by atoms with Gasteiger partial charge in [0.15, 0.2) is 0 Å². The third kappa shape index (κ3) is 4.13. The van der Waals surface area contributed by atoms with E-state index >= 15 is 0 Å². The van der Waals surface area contributed by atoms with Gasteiger partial charge in [0.1, 0.15) is 12.4 Å². The molecule has 1 heterocycles. The Kier molecular flexibility index (Phi) is 5.34. The van der Waals surface area contributed by atoms with Crippen LogP contribution in [0.5, 0.6) is 0 Å². The molecule has 0 aliphatic heterocycles. The van der Waals surface area contributed by atoms with Gasteiger partial charge in [0.2, 0.25) is 0 Å². The van der Waals surface area contributed by atoms with Crippen LogP contribution < -0.4 is 5.69 Å². The number of aromatic nitrogens is 3. The summed E-state index contributed by atoms with van der Waals surface area (Å²) in [4.78, 5) is 17.3. The third-order valence-electron chi connectivity index (χ3n) is 4.10. The SMILES string of the molecule is CC(=NOCc1ccccc1-n1c(C)n[nH]c1=O)c1cccc(C(F)(F)F)c1. The Morgan fingerprint density at radius 3 is 2.64 bits per heavy atom. The summed E-state index contributed by atoms with van der Waals surface area (Å²) in [6.07, 6.45) is -4.42. The molecular formula is C19H17F3N4O2. The molecule has 0 spiro atoms. The Morgan fingerprint density at radius 2 is 1.96 bits per heavy atom. The van der Waals surface area contributed by atoms with Gasteiger partial charge in [-0.3, -0.25) is 0 Å². The maximum atomic E-state index is 12.8. The molecule has 28 heavy (non-hydrogen) atoms. The second-order valence-electron chi connectivity index (χ2n) is 6.07. The second kappa shape index (κ2) is 7.71. The smallest absolute Gasteiger partial charge is 0.391 e. The van der Waals surface area contributed by atoms with Crippen LogP contribution >= 0.6 is 0 Å². The topological polar surface area (TPSA) is 72.3 Å². The number of nitrogens with zero attached hydrogens (tertiary/aromatic N) is 3. The van der Waals surface area contributed by atoms with Gasteiger partial charge >= 0.3 is 11.9 Å². The fraction of sp³-hybridized carbons (Fsp3) is 0.211. The molecule has 6 nitrogen and oxygen atoms in total. The predicted molar refractivity (Wildman–Crippen MR) is 97.4 cm³/mol. The molecule has 3 rings (SSSR count). The minimum absolute atomic E-state index is 0.0313. The molecular weight excluding hydrogens is 373 g/mol. The minimum Gasteiger partial charge on any atom is -0.391 e. The zero-order valence-electron chi connectivity index (χ0n) is 15.1. The largest absolute Gasteiger partial charge is 0.416 e. The molecule has 1 N–H and O–H groups in total. The summed E-state index contributed by atoms with van der Waals surface area (Å²) in [6.45, 7) is 3.28. The number of rotatable bonds is 5. The van der Waals surface area contributed by atoms with Crippen molar-refractivity contribution in [3.05, 3.63) is 81.5 Å². The fourth-order valence-corrected chi connectivity index (χ4v) is 2.68. The molecule has 1 aromatic heterocycles. The van der Waals surface area contributed by atoms with Gasteiger partial charge in [-0.25, -0.2) is 14.5 Å². The van der Waals surface area contributed by atoms with Gasteiger partial charge in [-0.05, 0) is 37.6 Å². The summed E-state index contributed by atoms with van der Waals surface area (Å²) in [5, 5.41) is 10.2. The number of nitrogens with one attached hydrogen (secondary N) is 1. The number of aryl methyl sites for hydroxylation is 1. The van der Waals surface area contributed by atoms with Gasteiger partial charge in [-0.2, -0.15) is 18.3 Å². The molecule has 0 unspecified atom stereocenters. The summed E-state index contributed by atoms with van der Waals surface area (Å²) >= 11 is 0. The first-order chi connectivity index (χ1) is 13.3.